The Kier molecular flexibility index (Phi) is 4.23. The predicted molar refractivity (Wildman–Crippen MR) is 87.0 cm³/mol. The van der Waals surface area contributed by atoms with Crippen LogP contribution in [0.1, 0.15) is 28.8 Å². The fourth-order valence-corrected chi connectivity index (χ4v) is 3.20. The number of thiophene rings is 1. The second kappa shape index (κ2) is 6.13. The van der Waals surface area contributed by atoms with Gasteiger partial charge in [-0.25, -0.2) is 10.8 Å². The average molecular weight is 367 g/mol. The van der Waals surface area contributed by atoms with Gasteiger partial charge in [-0.1, -0.05) is 0 Å². The minimum Gasteiger partial charge on any atom is -0.331 e. The van der Waals surface area contributed by atoms with E-state index >= 15 is 0 Å². The first-order valence-electron chi connectivity index (χ1n) is 6.63. The second-order valence-electron chi connectivity index (χ2n) is 4.99. The van der Waals surface area contributed by atoms with Crippen LogP contribution in [0, 0.1) is 0 Å². The molecule has 1 saturated carbocycles. The monoisotopic (exact) mass is 366 g/mol. The van der Waals surface area contributed by atoms with Crippen LogP contribution in [-0.4, -0.2) is 21.8 Å². The van der Waals surface area contributed by atoms with E-state index in [2.05, 4.69) is 37.8 Å². The van der Waals surface area contributed by atoms with Crippen LogP contribution in [0.4, 0.5) is 5.82 Å². The summed E-state index contributed by atoms with van der Waals surface area (Å²) in [7, 11) is 0. The Labute approximate surface area is 135 Å². The first-order chi connectivity index (χ1) is 10.2. The molecule has 7 heteroatoms. The zero-order valence-corrected chi connectivity index (χ0v) is 13.7. The highest BCUT2D eigenvalue weighted by atomic mass is 79.9. The molecule has 0 atom stereocenters. The van der Waals surface area contributed by atoms with Gasteiger partial charge in [0.05, 0.1) is 5.56 Å². The maximum atomic E-state index is 12.9. The summed E-state index contributed by atoms with van der Waals surface area (Å²) in [6, 6.07) is 4.13. The van der Waals surface area contributed by atoms with Gasteiger partial charge in [0.2, 0.25) is 0 Å². The molecule has 0 unspecified atom stereocenters. The fourth-order valence-electron chi connectivity index (χ4n) is 2.20. The van der Waals surface area contributed by atoms with Crippen molar-refractivity contribution in [2.45, 2.75) is 25.4 Å². The number of aromatic nitrogens is 1. The number of hydrazine groups is 1. The number of pyridine rings is 1. The van der Waals surface area contributed by atoms with Gasteiger partial charge >= 0.3 is 0 Å². The van der Waals surface area contributed by atoms with Gasteiger partial charge in [0.25, 0.3) is 5.91 Å². The molecule has 2 aromatic heterocycles. The summed E-state index contributed by atoms with van der Waals surface area (Å²) < 4.78 is 0.760. The fraction of sp³-hybridized carbons (Fsp3) is 0.286. The molecule has 0 radical (unpaired) electrons. The van der Waals surface area contributed by atoms with E-state index in [-0.39, 0.29) is 5.91 Å². The van der Waals surface area contributed by atoms with Crippen molar-refractivity contribution < 1.29 is 4.79 Å². The lowest BCUT2D eigenvalue weighted by Crippen LogP contribution is -2.33. The summed E-state index contributed by atoms with van der Waals surface area (Å²) in [6.45, 7) is 0.628. The molecule has 21 heavy (non-hydrogen) atoms. The van der Waals surface area contributed by atoms with Gasteiger partial charge in [-0.15, -0.1) is 0 Å². The van der Waals surface area contributed by atoms with E-state index in [0.717, 1.165) is 22.9 Å². The molecular formula is C14H15BrN4OS. The second-order valence-corrected chi connectivity index (χ2v) is 6.69. The minimum absolute atomic E-state index is 0.0366. The third-order valence-corrected chi connectivity index (χ3v) is 4.57. The smallest absolute Gasteiger partial charge is 0.258 e. The highest BCUT2D eigenvalue weighted by Gasteiger charge is 2.34. The average Bonchev–Trinajstić information content (AvgIpc) is 3.20. The van der Waals surface area contributed by atoms with Crippen LogP contribution in [0.15, 0.2) is 33.6 Å². The Balaban J connectivity index is 1.89. The highest BCUT2D eigenvalue weighted by Crippen LogP contribution is 2.31. The molecule has 2 heterocycles. The number of nitrogens with zero attached hydrogens (tertiary/aromatic N) is 2. The third-order valence-electron chi connectivity index (χ3n) is 3.40. The van der Waals surface area contributed by atoms with Crippen molar-refractivity contribution in [1.29, 1.82) is 0 Å². The van der Waals surface area contributed by atoms with E-state index in [1.54, 1.807) is 23.6 Å². The molecule has 1 aliphatic rings. The van der Waals surface area contributed by atoms with E-state index < -0.39 is 0 Å². The molecule has 0 saturated heterocycles. The Morgan fingerprint density at radius 1 is 1.57 bits per heavy atom. The van der Waals surface area contributed by atoms with Gasteiger partial charge in [-0.2, -0.15) is 11.3 Å². The van der Waals surface area contributed by atoms with Crippen molar-refractivity contribution in [2.24, 2.45) is 5.84 Å². The van der Waals surface area contributed by atoms with Gasteiger partial charge in [0, 0.05) is 23.3 Å². The zero-order valence-electron chi connectivity index (χ0n) is 11.3. The van der Waals surface area contributed by atoms with Crippen molar-refractivity contribution >= 4 is 39.0 Å². The number of carbonyl (C=O) groups excluding carboxylic acids is 1. The Morgan fingerprint density at radius 2 is 2.38 bits per heavy atom. The number of nitrogen functional groups attached to an aromatic ring is 1. The van der Waals surface area contributed by atoms with Crippen molar-refractivity contribution in [3.05, 3.63) is 44.7 Å². The number of anilines is 1. The zero-order chi connectivity index (χ0) is 14.8. The van der Waals surface area contributed by atoms with E-state index in [4.69, 9.17) is 5.84 Å². The number of nitrogens with two attached hydrogens (primary N) is 1. The van der Waals surface area contributed by atoms with Crippen molar-refractivity contribution in [3.8, 4) is 0 Å². The molecule has 1 amide bonds. The lowest BCUT2D eigenvalue weighted by Gasteiger charge is -2.23. The Morgan fingerprint density at radius 3 is 3.00 bits per heavy atom. The van der Waals surface area contributed by atoms with Gasteiger partial charge in [0.15, 0.2) is 5.82 Å². The van der Waals surface area contributed by atoms with Crippen molar-refractivity contribution in [3.63, 3.8) is 0 Å². The van der Waals surface area contributed by atoms with Crippen molar-refractivity contribution in [2.75, 3.05) is 5.43 Å². The molecule has 1 fully saturated rings. The van der Waals surface area contributed by atoms with Crippen LogP contribution in [0.3, 0.4) is 0 Å². The SMILES string of the molecule is NNc1ncc(Br)cc1C(=O)N(Cc1ccsc1)C1CC1. The van der Waals surface area contributed by atoms with E-state index in [1.165, 1.54) is 0 Å². The molecule has 0 aromatic carbocycles. The number of amides is 1. The molecule has 0 spiro atoms. The maximum Gasteiger partial charge on any atom is 0.258 e. The third kappa shape index (κ3) is 3.25. The van der Waals surface area contributed by atoms with Gasteiger partial charge in [-0.3, -0.25) is 4.79 Å². The quantitative estimate of drug-likeness (QED) is 0.630. The predicted octanol–water partition coefficient (Wildman–Crippen LogP) is 3.00. The lowest BCUT2D eigenvalue weighted by atomic mass is 10.2. The number of hydrogen-bond acceptors (Lipinski definition) is 5. The number of halogens is 1. The molecule has 3 N–H and O–H groups in total. The normalized spacial score (nSPS) is 14.0. The molecule has 1 aliphatic carbocycles. The van der Waals surface area contributed by atoms with Crippen molar-refractivity contribution in [1.82, 2.24) is 9.88 Å². The van der Waals surface area contributed by atoms with Gasteiger partial charge in [0.1, 0.15) is 0 Å². The van der Waals surface area contributed by atoms with Gasteiger partial charge in [-0.05, 0) is 57.2 Å². The molecular weight excluding hydrogens is 352 g/mol. The van der Waals surface area contributed by atoms with Crippen LogP contribution in [0.25, 0.3) is 0 Å². The molecule has 110 valence electrons. The lowest BCUT2D eigenvalue weighted by molar-refractivity contribution is 0.0730. The minimum atomic E-state index is -0.0366. The highest BCUT2D eigenvalue weighted by molar-refractivity contribution is 9.10. The van der Waals surface area contributed by atoms with E-state index in [1.807, 2.05) is 10.3 Å². The molecule has 5 nitrogen and oxygen atoms in total. The number of rotatable bonds is 5. The molecule has 2 aromatic rings. The molecule has 0 bridgehead atoms. The number of nitrogens with one attached hydrogen (secondary N) is 1. The Hall–Kier alpha value is -1.44. The molecule has 0 aliphatic heterocycles. The number of carbonyl (C=O) groups is 1. The van der Waals surface area contributed by atoms with Crippen LogP contribution >= 0.6 is 27.3 Å². The van der Waals surface area contributed by atoms with Crippen LogP contribution in [0.5, 0.6) is 0 Å². The summed E-state index contributed by atoms with van der Waals surface area (Å²) in [5.74, 6) is 5.83. The summed E-state index contributed by atoms with van der Waals surface area (Å²) >= 11 is 5.00. The van der Waals surface area contributed by atoms with Crippen LogP contribution in [0.2, 0.25) is 0 Å². The maximum absolute atomic E-state index is 12.9. The first kappa shape index (κ1) is 14.5. The van der Waals surface area contributed by atoms with Gasteiger partial charge < -0.3 is 10.3 Å². The Bertz CT molecular complexity index is 642. The number of hydrogen-bond donors (Lipinski definition) is 2. The standard InChI is InChI=1S/C14H15BrN4OS/c15-10-5-12(13(18-16)17-6-10)14(20)19(11-1-2-11)7-9-3-4-21-8-9/h3-6,8,11H,1-2,7,16H2,(H,17,18). The van der Waals surface area contributed by atoms with Crippen LogP contribution < -0.4 is 11.3 Å². The van der Waals surface area contributed by atoms with Crippen LogP contribution in [-0.2, 0) is 6.54 Å². The topological polar surface area (TPSA) is 71.2 Å². The summed E-state index contributed by atoms with van der Waals surface area (Å²) in [4.78, 5) is 18.9. The summed E-state index contributed by atoms with van der Waals surface area (Å²) in [5, 5.41) is 4.10. The van der Waals surface area contributed by atoms with E-state index in [9.17, 15) is 4.79 Å². The largest absolute Gasteiger partial charge is 0.331 e. The first-order valence-corrected chi connectivity index (χ1v) is 8.37. The summed E-state index contributed by atoms with van der Waals surface area (Å²) in [6.07, 6.45) is 3.73. The molecule has 3 rings (SSSR count). The van der Waals surface area contributed by atoms with E-state index in [0.29, 0.717) is 24.0 Å². The summed E-state index contributed by atoms with van der Waals surface area (Å²) in [5.41, 5.74) is 4.15.